The van der Waals surface area contributed by atoms with E-state index in [4.69, 9.17) is 0 Å². The fraction of sp³-hybridized carbons (Fsp3) is 0.846. The van der Waals surface area contributed by atoms with Crippen molar-refractivity contribution in [3.63, 3.8) is 0 Å². The highest BCUT2D eigenvalue weighted by Gasteiger charge is 2.22. The summed E-state index contributed by atoms with van der Waals surface area (Å²) >= 11 is 0. The highest BCUT2D eigenvalue weighted by Crippen LogP contribution is 2.19. The Hall–Kier alpha value is -0.940. The first kappa shape index (κ1) is 13.5. The minimum atomic E-state index is 0.556. The van der Waals surface area contributed by atoms with Crippen molar-refractivity contribution >= 4 is 0 Å². The molecular formula is C13H25N5. The number of piperidine rings is 1. The summed E-state index contributed by atoms with van der Waals surface area (Å²) in [6.07, 6.45) is 4.40. The molecule has 1 aliphatic heterocycles. The highest BCUT2D eigenvalue weighted by molar-refractivity contribution is 4.87. The molecule has 2 heterocycles. The smallest absolute Gasteiger partial charge is 0.146 e. The van der Waals surface area contributed by atoms with Crippen LogP contribution in [0.25, 0.3) is 0 Å². The van der Waals surface area contributed by atoms with Crippen LogP contribution in [-0.4, -0.2) is 45.8 Å². The average Bonchev–Trinajstić information content (AvgIpc) is 2.84. The second-order valence-electron chi connectivity index (χ2n) is 5.34. The third-order valence-electron chi connectivity index (χ3n) is 4.09. The van der Waals surface area contributed by atoms with Gasteiger partial charge in [-0.1, -0.05) is 0 Å². The molecule has 0 spiro atoms. The van der Waals surface area contributed by atoms with Crippen LogP contribution in [0.4, 0.5) is 0 Å². The molecule has 5 heteroatoms. The second-order valence-corrected chi connectivity index (χ2v) is 5.34. The molecule has 2 rings (SSSR count). The fourth-order valence-corrected chi connectivity index (χ4v) is 2.63. The van der Waals surface area contributed by atoms with Crippen molar-refractivity contribution in [2.75, 3.05) is 20.1 Å². The molecule has 1 aliphatic rings. The number of nitrogens with zero attached hydrogens (tertiary/aromatic N) is 4. The summed E-state index contributed by atoms with van der Waals surface area (Å²) in [5, 5.41) is 11.7. The zero-order valence-corrected chi connectivity index (χ0v) is 11.8. The van der Waals surface area contributed by atoms with Gasteiger partial charge in [-0.15, -0.1) is 10.2 Å². The van der Waals surface area contributed by atoms with E-state index in [-0.39, 0.29) is 0 Å². The molecule has 102 valence electrons. The van der Waals surface area contributed by atoms with Gasteiger partial charge < -0.3 is 14.8 Å². The van der Waals surface area contributed by atoms with Crippen LogP contribution in [0, 0.1) is 5.92 Å². The van der Waals surface area contributed by atoms with Crippen LogP contribution in [-0.2, 0) is 13.1 Å². The molecule has 0 aromatic carbocycles. The SMILES string of the molecule is CCn1cnnc1CNC(C)C1CCN(C)CC1. The maximum Gasteiger partial charge on any atom is 0.146 e. The van der Waals surface area contributed by atoms with Gasteiger partial charge in [0.05, 0.1) is 6.54 Å². The van der Waals surface area contributed by atoms with Crippen molar-refractivity contribution in [2.24, 2.45) is 5.92 Å². The number of hydrogen-bond acceptors (Lipinski definition) is 4. The van der Waals surface area contributed by atoms with Gasteiger partial charge in [0.2, 0.25) is 0 Å². The van der Waals surface area contributed by atoms with E-state index < -0.39 is 0 Å². The van der Waals surface area contributed by atoms with E-state index in [9.17, 15) is 0 Å². The van der Waals surface area contributed by atoms with Gasteiger partial charge in [-0.2, -0.15) is 0 Å². The molecular weight excluding hydrogens is 226 g/mol. The van der Waals surface area contributed by atoms with Crippen LogP contribution in [0.15, 0.2) is 6.33 Å². The normalized spacial score (nSPS) is 20.2. The maximum atomic E-state index is 4.16. The van der Waals surface area contributed by atoms with E-state index in [2.05, 4.69) is 45.9 Å². The monoisotopic (exact) mass is 251 g/mol. The molecule has 0 saturated carbocycles. The standard InChI is InChI=1S/C13H25N5/c1-4-18-10-15-16-13(18)9-14-11(2)12-5-7-17(3)8-6-12/h10-12,14H,4-9H2,1-3H3. The topological polar surface area (TPSA) is 46.0 Å². The summed E-state index contributed by atoms with van der Waals surface area (Å²) in [5.41, 5.74) is 0. The Morgan fingerprint density at radius 2 is 2.17 bits per heavy atom. The predicted molar refractivity (Wildman–Crippen MR) is 72.2 cm³/mol. The molecule has 1 N–H and O–H groups in total. The van der Waals surface area contributed by atoms with Crippen LogP contribution in [0.5, 0.6) is 0 Å². The van der Waals surface area contributed by atoms with E-state index in [1.165, 1.54) is 25.9 Å². The molecule has 0 radical (unpaired) electrons. The number of aromatic nitrogens is 3. The summed E-state index contributed by atoms with van der Waals surface area (Å²) in [5.74, 6) is 1.83. The van der Waals surface area contributed by atoms with E-state index in [0.29, 0.717) is 6.04 Å². The molecule has 1 fully saturated rings. The summed E-state index contributed by atoms with van der Waals surface area (Å²) in [6, 6.07) is 0.556. The van der Waals surface area contributed by atoms with Crippen molar-refractivity contribution < 1.29 is 0 Å². The van der Waals surface area contributed by atoms with Crippen molar-refractivity contribution in [2.45, 2.75) is 45.8 Å². The van der Waals surface area contributed by atoms with Gasteiger partial charge in [-0.3, -0.25) is 0 Å². The molecule has 0 aliphatic carbocycles. The minimum absolute atomic E-state index is 0.556. The first-order chi connectivity index (χ1) is 8.70. The quantitative estimate of drug-likeness (QED) is 0.852. The van der Waals surface area contributed by atoms with Gasteiger partial charge >= 0.3 is 0 Å². The summed E-state index contributed by atoms with van der Waals surface area (Å²) < 4.78 is 2.09. The van der Waals surface area contributed by atoms with E-state index in [0.717, 1.165) is 24.8 Å². The maximum absolute atomic E-state index is 4.16. The minimum Gasteiger partial charge on any atom is -0.317 e. The van der Waals surface area contributed by atoms with Gasteiger partial charge in [-0.25, -0.2) is 0 Å². The lowest BCUT2D eigenvalue weighted by Crippen LogP contribution is -2.40. The first-order valence-electron chi connectivity index (χ1n) is 6.99. The van der Waals surface area contributed by atoms with E-state index in [1.54, 1.807) is 6.33 Å². The second kappa shape index (κ2) is 6.29. The zero-order chi connectivity index (χ0) is 13.0. The molecule has 1 aromatic heterocycles. The van der Waals surface area contributed by atoms with Gasteiger partial charge in [0.25, 0.3) is 0 Å². The third-order valence-corrected chi connectivity index (χ3v) is 4.09. The Morgan fingerprint density at radius 1 is 1.44 bits per heavy atom. The lowest BCUT2D eigenvalue weighted by molar-refractivity contribution is 0.189. The van der Waals surface area contributed by atoms with Crippen molar-refractivity contribution in [1.82, 2.24) is 25.0 Å². The van der Waals surface area contributed by atoms with E-state index in [1.807, 2.05) is 0 Å². The van der Waals surface area contributed by atoms with Crippen LogP contribution >= 0.6 is 0 Å². The molecule has 1 saturated heterocycles. The molecule has 0 bridgehead atoms. The number of nitrogens with one attached hydrogen (secondary N) is 1. The lowest BCUT2D eigenvalue weighted by Gasteiger charge is -2.33. The summed E-state index contributed by atoms with van der Waals surface area (Å²) in [6.45, 7) is 8.62. The van der Waals surface area contributed by atoms with Gasteiger partial charge in [0, 0.05) is 12.6 Å². The van der Waals surface area contributed by atoms with Gasteiger partial charge in [0.1, 0.15) is 12.2 Å². The first-order valence-corrected chi connectivity index (χ1v) is 6.99. The summed E-state index contributed by atoms with van der Waals surface area (Å²) in [4.78, 5) is 2.41. The Morgan fingerprint density at radius 3 is 2.83 bits per heavy atom. The average molecular weight is 251 g/mol. The molecule has 1 aromatic rings. The van der Waals surface area contributed by atoms with Crippen LogP contribution in [0.2, 0.25) is 0 Å². The zero-order valence-electron chi connectivity index (χ0n) is 11.8. The molecule has 0 amide bonds. The largest absolute Gasteiger partial charge is 0.317 e. The Labute approximate surface area is 110 Å². The van der Waals surface area contributed by atoms with Crippen molar-refractivity contribution in [1.29, 1.82) is 0 Å². The highest BCUT2D eigenvalue weighted by atomic mass is 15.3. The Balaban J connectivity index is 1.79. The van der Waals surface area contributed by atoms with Crippen molar-refractivity contribution in [3.8, 4) is 0 Å². The summed E-state index contributed by atoms with van der Waals surface area (Å²) in [7, 11) is 2.21. The fourth-order valence-electron chi connectivity index (χ4n) is 2.63. The van der Waals surface area contributed by atoms with Crippen molar-refractivity contribution in [3.05, 3.63) is 12.2 Å². The number of aryl methyl sites for hydroxylation is 1. The number of rotatable bonds is 5. The molecule has 1 atom stereocenters. The van der Waals surface area contributed by atoms with Gasteiger partial charge in [-0.05, 0) is 52.7 Å². The molecule has 1 unspecified atom stereocenters. The van der Waals surface area contributed by atoms with Crippen LogP contribution in [0.3, 0.4) is 0 Å². The van der Waals surface area contributed by atoms with E-state index >= 15 is 0 Å². The predicted octanol–water partition coefficient (Wildman–Crippen LogP) is 1.12. The van der Waals surface area contributed by atoms with Gasteiger partial charge in [0.15, 0.2) is 0 Å². The number of likely N-dealkylation sites (tertiary alicyclic amines) is 1. The van der Waals surface area contributed by atoms with Crippen LogP contribution in [0.1, 0.15) is 32.5 Å². The Kier molecular flexibility index (Phi) is 4.72. The van der Waals surface area contributed by atoms with Crippen LogP contribution < -0.4 is 5.32 Å². The number of hydrogen-bond donors (Lipinski definition) is 1. The third kappa shape index (κ3) is 3.29. The lowest BCUT2D eigenvalue weighted by atomic mass is 9.90. The molecule has 18 heavy (non-hydrogen) atoms. The Bertz CT molecular complexity index is 354. The molecule has 5 nitrogen and oxygen atoms in total.